The third-order valence-corrected chi connectivity index (χ3v) is 5.23. The Balaban J connectivity index is 1.54. The van der Waals surface area contributed by atoms with E-state index in [0.29, 0.717) is 40.6 Å². The maximum atomic E-state index is 13.0. The van der Waals surface area contributed by atoms with E-state index in [9.17, 15) is 9.59 Å². The van der Waals surface area contributed by atoms with Crippen LogP contribution in [0.25, 0.3) is 22.3 Å². The lowest BCUT2D eigenvalue weighted by Crippen LogP contribution is -2.27. The van der Waals surface area contributed by atoms with Gasteiger partial charge in [0.2, 0.25) is 0 Å². The second kappa shape index (κ2) is 9.61. The summed E-state index contributed by atoms with van der Waals surface area (Å²) in [5.74, 6) is 0.277. The molecule has 4 aromatic rings. The van der Waals surface area contributed by atoms with Gasteiger partial charge in [0.25, 0.3) is 5.91 Å². The molecule has 1 amide bonds. The van der Waals surface area contributed by atoms with Crippen molar-refractivity contribution in [1.82, 2.24) is 5.32 Å². The second-order valence-corrected chi connectivity index (χ2v) is 8.30. The molecule has 6 heteroatoms. The van der Waals surface area contributed by atoms with Crippen LogP contribution in [0.15, 0.2) is 77.2 Å². The van der Waals surface area contributed by atoms with Crippen LogP contribution in [0.4, 0.5) is 5.69 Å². The number of nitrogens with one attached hydrogen (secondary N) is 1. The van der Waals surface area contributed by atoms with Crippen LogP contribution in [0.5, 0.6) is 0 Å². The van der Waals surface area contributed by atoms with Gasteiger partial charge in [0.15, 0.2) is 0 Å². The number of anilines is 1. The summed E-state index contributed by atoms with van der Waals surface area (Å²) in [5, 5.41) is 3.76. The van der Waals surface area contributed by atoms with E-state index < -0.39 is 5.97 Å². The Morgan fingerprint density at radius 3 is 2.36 bits per heavy atom. The van der Waals surface area contributed by atoms with Crippen LogP contribution in [-0.2, 0) is 11.3 Å². The number of benzene rings is 3. The number of hydrogen-bond donors (Lipinski definition) is 2. The predicted octanol–water partition coefficient (Wildman–Crippen LogP) is 5.42. The molecule has 6 nitrogen and oxygen atoms in total. The van der Waals surface area contributed by atoms with E-state index in [2.05, 4.69) is 5.32 Å². The molecule has 33 heavy (non-hydrogen) atoms. The fourth-order valence-corrected chi connectivity index (χ4v) is 3.46. The van der Waals surface area contributed by atoms with Crippen molar-refractivity contribution in [3.8, 4) is 11.3 Å². The summed E-state index contributed by atoms with van der Waals surface area (Å²) in [4.78, 5) is 25.2. The van der Waals surface area contributed by atoms with Gasteiger partial charge in [0.05, 0.1) is 11.1 Å². The first-order valence-corrected chi connectivity index (χ1v) is 10.8. The lowest BCUT2D eigenvalue weighted by molar-refractivity contribution is 0.0472. The minimum atomic E-state index is -0.416. The highest BCUT2D eigenvalue weighted by Crippen LogP contribution is 2.33. The van der Waals surface area contributed by atoms with Gasteiger partial charge in [0.1, 0.15) is 18.0 Å². The molecule has 3 N–H and O–H groups in total. The summed E-state index contributed by atoms with van der Waals surface area (Å²) < 4.78 is 11.5. The van der Waals surface area contributed by atoms with Gasteiger partial charge in [-0.25, -0.2) is 4.79 Å². The topological polar surface area (TPSA) is 94.6 Å². The summed E-state index contributed by atoms with van der Waals surface area (Å²) in [6.07, 6.45) is 0. The van der Waals surface area contributed by atoms with E-state index in [0.717, 1.165) is 16.5 Å². The molecule has 4 rings (SSSR count). The molecule has 168 valence electrons. The molecule has 0 aliphatic rings. The molecule has 0 atom stereocenters. The molecule has 0 spiro atoms. The van der Waals surface area contributed by atoms with E-state index in [4.69, 9.17) is 14.9 Å². The fourth-order valence-electron chi connectivity index (χ4n) is 3.46. The number of esters is 1. The molecule has 3 aromatic carbocycles. The van der Waals surface area contributed by atoms with Crippen LogP contribution in [0.1, 0.15) is 40.1 Å². The molecule has 1 heterocycles. The first-order chi connectivity index (χ1) is 15.9. The Hall–Kier alpha value is -4.06. The van der Waals surface area contributed by atoms with Gasteiger partial charge < -0.3 is 20.2 Å². The quantitative estimate of drug-likeness (QED) is 0.294. The zero-order valence-electron chi connectivity index (χ0n) is 18.6. The standard InChI is InChI=1S/C27H26N2O4/c1-17(2)15-29-26(30)24-22-5-3-4-6-23(22)33-25(24)19-9-7-18(8-10-19)16-32-27(31)20-11-13-21(28)14-12-20/h3-14,17H,15-16,28H2,1-2H3,(H,29,30). The van der Waals surface area contributed by atoms with Crippen molar-refractivity contribution in [1.29, 1.82) is 0 Å². The van der Waals surface area contributed by atoms with E-state index in [-0.39, 0.29) is 12.5 Å². The van der Waals surface area contributed by atoms with Crippen molar-refractivity contribution in [2.24, 2.45) is 5.92 Å². The first kappa shape index (κ1) is 22.1. The molecule has 0 radical (unpaired) electrons. The Kier molecular flexibility index (Phi) is 6.45. The molecule has 0 fully saturated rings. The highest BCUT2D eigenvalue weighted by Gasteiger charge is 2.22. The van der Waals surface area contributed by atoms with Gasteiger partial charge in [-0.1, -0.05) is 56.3 Å². The normalized spacial score (nSPS) is 11.0. The first-order valence-electron chi connectivity index (χ1n) is 10.8. The third kappa shape index (κ3) is 5.06. The molecule has 0 saturated heterocycles. The minimum Gasteiger partial charge on any atom is -0.457 e. The molecule has 0 saturated carbocycles. The maximum absolute atomic E-state index is 13.0. The number of hydrogen-bond acceptors (Lipinski definition) is 5. The van der Waals surface area contributed by atoms with E-state index in [1.54, 1.807) is 24.3 Å². The van der Waals surface area contributed by atoms with Gasteiger partial charge >= 0.3 is 5.97 Å². The van der Waals surface area contributed by atoms with E-state index in [1.165, 1.54) is 0 Å². The van der Waals surface area contributed by atoms with Gasteiger partial charge in [-0.05, 0) is 41.8 Å². The number of furan rings is 1. The van der Waals surface area contributed by atoms with Gasteiger partial charge in [0, 0.05) is 23.2 Å². The number of ether oxygens (including phenoxy) is 1. The smallest absolute Gasteiger partial charge is 0.338 e. The number of para-hydroxylation sites is 1. The monoisotopic (exact) mass is 442 g/mol. The number of amides is 1. The SMILES string of the molecule is CC(C)CNC(=O)c1c(-c2ccc(COC(=O)c3ccc(N)cc3)cc2)oc2ccccc12. The van der Waals surface area contributed by atoms with Gasteiger partial charge in [-0.2, -0.15) is 0 Å². The molecular formula is C27H26N2O4. The number of rotatable bonds is 7. The number of nitrogens with two attached hydrogens (primary N) is 1. The van der Waals surface area contributed by atoms with Gasteiger partial charge in [-0.15, -0.1) is 0 Å². The van der Waals surface area contributed by atoms with Crippen LogP contribution >= 0.6 is 0 Å². The lowest BCUT2D eigenvalue weighted by Gasteiger charge is -2.09. The molecule has 0 aliphatic carbocycles. The average molecular weight is 443 g/mol. The van der Waals surface area contributed by atoms with Crippen molar-refractivity contribution in [2.75, 3.05) is 12.3 Å². The number of nitrogen functional groups attached to an aromatic ring is 1. The highest BCUT2D eigenvalue weighted by molar-refractivity contribution is 6.11. The van der Waals surface area contributed by atoms with Crippen LogP contribution in [0.2, 0.25) is 0 Å². The molecule has 0 aliphatic heterocycles. The number of carbonyl (C=O) groups excluding carboxylic acids is 2. The number of fused-ring (bicyclic) bond motifs is 1. The summed E-state index contributed by atoms with van der Waals surface area (Å²) >= 11 is 0. The maximum Gasteiger partial charge on any atom is 0.338 e. The predicted molar refractivity (Wildman–Crippen MR) is 129 cm³/mol. The Morgan fingerprint density at radius 2 is 1.67 bits per heavy atom. The van der Waals surface area contributed by atoms with E-state index >= 15 is 0 Å². The summed E-state index contributed by atoms with van der Waals surface area (Å²) in [7, 11) is 0. The van der Waals surface area contributed by atoms with Crippen LogP contribution < -0.4 is 11.1 Å². The Morgan fingerprint density at radius 1 is 0.970 bits per heavy atom. The van der Waals surface area contributed by atoms with Crippen LogP contribution in [0.3, 0.4) is 0 Å². The van der Waals surface area contributed by atoms with Crippen molar-refractivity contribution < 1.29 is 18.7 Å². The summed E-state index contributed by atoms with van der Waals surface area (Å²) in [6.45, 7) is 4.81. The molecule has 0 bridgehead atoms. The summed E-state index contributed by atoms with van der Waals surface area (Å²) in [5.41, 5.74) is 9.46. The summed E-state index contributed by atoms with van der Waals surface area (Å²) in [6, 6.07) is 21.5. The molecule has 0 unspecified atom stereocenters. The van der Waals surface area contributed by atoms with Crippen molar-refractivity contribution in [3.05, 3.63) is 89.5 Å². The van der Waals surface area contributed by atoms with E-state index in [1.807, 2.05) is 62.4 Å². The Bertz CT molecular complexity index is 1270. The van der Waals surface area contributed by atoms with Crippen molar-refractivity contribution >= 4 is 28.5 Å². The third-order valence-electron chi connectivity index (χ3n) is 5.23. The zero-order chi connectivity index (χ0) is 23.4. The molecular weight excluding hydrogens is 416 g/mol. The van der Waals surface area contributed by atoms with Crippen LogP contribution in [0, 0.1) is 5.92 Å². The average Bonchev–Trinajstić information content (AvgIpc) is 3.21. The van der Waals surface area contributed by atoms with Crippen LogP contribution in [-0.4, -0.2) is 18.4 Å². The second-order valence-electron chi connectivity index (χ2n) is 8.30. The largest absolute Gasteiger partial charge is 0.457 e. The zero-order valence-corrected chi connectivity index (χ0v) is 18.6. The number of carbonyl (C=O) groups is 2. The fraction of sp³-hybridized carbons (Fsp3) is 0.185. The van der Waals surface area contributed by atoms with Gasteiger partial charge in [-0.3, -0.25) is 4.79 Å². The lowest BCUT2D eigenvalue weighted by atomic mass is 10.0. The van der Waals surface area contributed by atoms with Crippen molar-refractivity contribution in [3.63, 3.8) is 0 Å². The Labute approximate surface area is 192 Å². The minimum absolute atomic E-state index is 0.130. The molecule has 1 aromatic heterocycles. The highest BCUT2D eigenvalue weighted by atomic mass is 16.5. The van der Waals surface area contributed by atoms with Crippen molar-refractivity contribution in [2.45, 2.75) is 20.5 Å².